The Morgan fingerprint density at radius 3 is 2.44 bits per heavy atom. The predicted molar refractivity (Wildman–Crippen MR) is 88.9 cm³/mol. The van der Waals surface area contributed by atoms with Crippen molar-refractivity contribution in [1.29, 1.82) is 0 Å². The van der Waals surface area contributed by atoms with Crippen LogP contribution in [-0.2, 0) is 4.79 Å². The first kappa shape index (κ1) is 19.8. The summed E-state index contributed by atoms with van der Waals surface area (Å²) in [4.78, 5) is 15.5. The number of hydrogen-bond acceptors (Lipinski definition) is 4. The second kappa shape index (κ2) is 9.26. The maximum absolute atomic E-state index is 12.1. The first-order valence-corrected chi connectivity index (χ1v) is 8.37. The molecule has 1 aromatic carbocycles. The second-order valence-corrected chi connectivity index (χ2v) is 6.20. The van der Waals surface area contributed by atoms with Crippen LogP contribution in [0.5, 0.6) is 5.75 Å². The number of rotatable bonds is 7. The number of benzene rings is 1. The summed E-state index contributed by atoms with van der Waals surface area (Å²) >= 11 is 6.01. The Kier molecular flexibility index (Phi) is 7.34. The molecular weight excluding hydrogens is 359 g/mol. The van der Waals surface area contributed by atoms with E-state index in [1.807, 2.05) is 22.3 Å². The van der Waals surface area contributed by atoms with Crippen LogP contribution in [0, 0.1) is 0 Å². The van der Waals surface area contributed by atoms with Crippen LogP contribution in [-0.4, -0.2) is 74.3 Å². The lowest BCUT2D eigenvalue weighted by molar-refractivity contribution is -0.139. The van der Waals surface area contributed by atoms with Gasteiger partial charge in [-0.2, -0.15) is 13.2 Å². The number of nitrogens with one attached hydrogen (secondary N) is 1. The molecule has 140 valence electrons. The first-order valence-electron chi connectivity index (χ1n) is 7.99. The van der Waals surface area contributed by atoms with Gasteiger partial charge in [0.15, 0.2) is 0 Å². The standard InChI is InChI=1S/C16H21ClF3N3O2/c17-13-3-1-2-4-14(13)25-10-9-22-5-7-23(8-6-22)11-15(24)21-12-16(18,19)20/h1-4H,5-12H2,(H,21,24). The summed E-state index contributed by atoms with van der Waals surface area (Å²) in [5, 5.41) is 2.45. The van der Waals surface area contributed by atoms with Gasteiger partial charge in [0.2, 0.25) is 5.91 Å². The minimum Gasteiger partial charge on any atom is -0.491 e. The Balaban J connectivity index is 1.61. The van der Waals surface area contributed by atoms with Crippen molar-refractivity contribution in [3.8, 4) is 5.75 Å². The number of carbonyl (C=O) groups excluding carboxylic acids is 1. The van der Waals surface area contributed by atoms with E-state index in [1.54, 1.807) is 12.1 Å². The molecule has 0 bridgehead atoms. The van der Waals surface area contributed by atoms with E-state index in [1.165, 1.54) is 0 Å². The Bertz CT molecular complexity index is 564. The van der Waals surface area contributed by atoms with Gasteiger partial charge in [-0.3, -0.25) is 14.6 Å². The van der Waals surface area contributed by atoms with Gasteiger partial charge in [-0.15, -0.1) is 0 Å². The van der Waals surface area contributed by atoms with Crippen LogP contribution in [0.3, 0.4) is 0 Å². The van der Waals surface area contributed by atoms with Gasteiger partial charge < -0.3 is 10.1 Å². The van der Waals surface area contributed by atoms with Crippen molar-refractivity contribution >= 4 is 17.5 Å². The maximum Gasteiger partial charge on any atom is 0.405 e. The Labute approximate surface area is 149 Å². The van der Waals surface area contributed by atoms with Crippen molar-refractivity contribution in [3.05, 3.63) is 29.3 Å². The molecule has 0 atom stereocenters. The molecule has 1 aliphatic rings. The summed E-state index contributed by atoms with van der Waals surface area (Å²) in [6, 6.07) is 7.25. The highest BCUT2D eigenvalue weighted by Gasteiger charge is 2.28. The molecule has 5 nitrogen and oxygen atoms in total. The number of amides is 1. The molecule has 0 saturated carbocycles. The zero-order valence-corrected chi connectivity index (χ0v) is 14.4. The molecule has 0 unspecified atom stereocenters. The summed E-state index contributed by atoms with van der Waals surface area (Å²) in [5.41, 5.74) is 0. The van der Waals surface area contributed by atoms with Gasteiger partial charge in [-0.25, -0.2) is 0 Å². The lowest BCUT2D eigenvalue weighted by Crippen LogP contribution is -2.50. The summed E-state index contributed by atoms with van der Waals surface area (Å²) in [5.74, 6) is 0.0389. The van der Waals surface area contributed by atoms with E-state index in [2.05, 4.69) is 4.90 Å². The highest BCUT2D eigenvalue weighted by Crippen LogP contribution is 2.22. The lowest BCUT2D eigenvalue weighted by Gasteiger charge is -2.34. The number of ether oxygens (including phenoxy) is 1. The molecule has 2 rings (SSSR count). The average Bonchev–Trinajstić information content (AvgIpc) is 2.56. The molecule has 1 saturated heterocycles. The van der Waals surface area contributed by atoms with E-state index < -0.39 is 18.6 Å². The minimum absolute atomic E-state index is 0.0138. The van der Waals surface area contributed by atoms with Gasteiger partial charge in [-0.05, 0) is 12.1 Å². The third-order valence-corrected chi connectivity index (χ3v) is 4.13. The van der Waals surface area contributed by atoms with Crippen LogP contribution < -0.4 is 10.1 Å². The second-order valence-electron chi connectivity index (χ2n) is 5.79. The number of hydrogen-bond donors (Lipinski definition) is 1. The highest BCUT2D eigenvalue weighted by molar-refractivity contribution is 6.32. The number of para-hydroxylation sites is 1. The van der Waals surface area contributed by atoms with Crippen molar-refractivity contribution in [3.63, 3.8) is 0 Å². The Hall–Kier alpha value is -1.51. The van der Waals surface area contributed by atoms with Gasteiger partial charge in [0.1, 0.15) is 18.9 Å². The van der Waals surface area contributed by atoms with Gasteiger partial charge >= 0.3 is 6.18 Å². The number of alkyl halides is 3. The van der Waals surface area contributed by atoms with Crippen LogP contribution >= 0.6 is 11.6 Å². The molecule has 0 aromatic heterocycles. The monoisotopic (exact) mass is 379 g/mol. The molecule has 1 N–H and O–H groups in total. The molecule has 1 fully saturated rings. The van der Waals surface area contributed by atoms with E-state index in [-0.39, 0.29) is 6.54 Å². The smallest absolute Gasteiger partial charge is 0.405 e. The normalized spacial score (nSPS) is 16.6. The summed E-state index contributed by atoms with van der Waals surface area (Å²) in [6.45, 7) is 2.65. The van der Waals surface area contributed by atoms with Crippen molar-refractivity contribution in [2.45, 2.75) is 6.18 Å². The van der Waals surface area contributed by atoms with Gasteiger partial charge in [-0.1, -0.05) is 23.7 Å². The highest BCUT2D eigenvalue weighted by atomic mass is 35.5. The SMILES string of the molecule is O=C(CN1CCN(CCOc2ccccc2Cl)CC1)NCC(F)(F)F. The number of nitrogens with zero attached hydrogens (tertiary/aromatic N) is 2. The summed E-state index contributed by atoms with van der Waals surface area (Å²) in [7, 11) is 0. The molecule has 0 radical (unpaired) electrons. The van der Waals surface area contributed by atoms with Crippen LogP contribution in [0.1, 0.15) is 0 Å². The van der Waals surface area contributed by atoms with Crippen molar-refractivity contribution in [2.75, 3.05) is 52.4 Å². The molecule has 1 amide bonds. The molecule has 1 heterocycles. The fourth-order valence-corrected chi connectivity index (χ4v) is 2.67. The van der Waals surface area contributed by atoms with Gasteiger partial charge in [0.05, 0.1) is 11.6 Å². The van der Waals surface area contributed by atoms with Crippen LogP contribution in [0.2, 0.25) is 5.02 Å². The lowest BCUT2D eigenvalue weighted by atomic mass is 10.3. The molecule has 1 aromatic rings. The number of piperazine rings is 1. The van der Waals surface area contributed by atoms with Crippen molar-refractivity contribution < 1.29 is 22.7 Å². The van der Waals surface area contributed by atoms with Crippen LogP contribution in [0.4, 0.5) is 13.2 Å². The topological polar surface area (TPSA) is 44.8 Å². The predicted octanol–water partition coefficient (Wildman–Crippen LogP) is 2.01. The van der Waals surface area contributed by atoms with Crippen molar-refractivity contribution in [1.82, 2.24) is 15.1 Å². The zero-order chi connectivity index (χ0) is 18.3. The van der Waals surface area contributed by atoms with Crippen molar-refractivity contribution in [2.24, 2.45) is 0 Å². The van der Waals surface area contributed by atoms with E-state index in [0.29, 0.717) is 30.5 Å². The van der Waals surface area contributed by atoms with E-state index in [4.69, 9.17) is 16.3 Å². The number of carbonyl (C=O) groups is 1. The third kappa shape index (κ3) is 7.50. The Morgan fingerprint density at radius 1 is 1.16 bits per heavy atom. The molecule has 0 spiro atoms. The quantitative estimate of drug-likeness (QED) is 0.787. The molecule has 0 aliphatic carbocycles. The average molecular weight is 380 g/mol. The molecule has 1 aliphatic heterocycles. The fourth-order valence-electron chi connectivity index (χ4n) is 2.48. The summed E-state index contributed by atoms with van der Waals surface area (Å²) in [6.07, 6.45) is -4.38. The van der Waals surface area contributed by atoms with E-state index in [9.17, 15) is 18.0 Å². The molecule has 25 heavy (non-hydrogen) atoms. The van der Waals surface area contributed by atoms with Crippen LogP contribution in [0.15, 0.2) is 24.3 Å². The third-order valence-electron chi connectivity index (χ3n) is 3.82. The minimum atomic E-state index is -4.38. The molecular formula is C16H21ClF3N3O2. The fraction of sp³-hybridized carbons (Fsp3) is 0.562. The van der Waals surface area contributed by atoms with E-state index >= 15 is 0 Å². The van der Waals surface area contributed by atoms with Gasteiger partial charge in [0.25, 0.3) is 0 Å². The van der Waals surface area contributed by atoms with Crippen LogP contribution in [0.25, 0.3) is 0 Å². The zero-order valence-electron chi connectivity index (χ0n) is 13.7. The Morgan fingerprint density at radius 2 is 1.80 bits per heavy atom. The van der Waals surface area contributed by atoms with E-state index in [0.717, 1.165) is 19.6 Å². The number of halogens is 4. The largest absolute Gasteiger partial charge is 0.491 e. The van der Waals surface area contributed by atoms with Gasteiger partial charge in [0, 0.05) is 32.7 Å². The molecule has 9 heteroatoms. The summed E-state index contributed by atoms with van der Waals surface area (Å²) < 4.78 is 41.8. The maximum atomic E-state index is 12.1. The first-order chi connectivity index (χ1) is 11.8.